The van der Waals surface area contributed by atoms with Crippen molar-refractivity contribution in [2.75, 3.05) is 38.2 Å². The fraction of sp³-hybridized carbons (Fsp3) is 0.632. The first-order chi connectivity index (χ1) is 12.5. The van der Waals surface area contributed by atoms with E-state index in [0.29, 0.717) is 43.4 Å². The average Bonchev–Trinajstić information content (AvgIpc) is 2.85. The zero-order chi connectivity index (χ0) is 18.5. The van der Waals surface area contributed by atoms with Gasteiger partial charge in [-0.15, -0.1) is 0 Å². The first-order valence-electron chi connectivity index (χ1n) is 9.41. The van der Waals surface area contributed by atoms with E-state index in [-0.39, 0.29) is 17.9 Å². The number of hydrogen-bond acceptors (Lipinski definition) is 6. The molecule has 0 spiro atoms. The molecular formula is C19H29N3O4. The molecule has 0 aromatic heterocycles. The van der Waals surface area contributed by atoms with E-state index < -0.39 is 6.10 Å². The van der Waals surface area contributed by atoms with Gasteiger partial charge in [-0.1, -0.05) is 0 Å². The first-order valence-corrected chi connectivity index (χ1v) is 9.41. The molecule has 144 valence electrons. The third-order valence-electron chi connectivity index (χ3n) is 4.66. The second-order valence-electron chi connectivity index (χ2n) is 7.23. The molecule has 0 aliphatic carbocycles. The number of fused-ring (bicyclic) bond motifs is 1. The number of β-amino-alcohol motifs (C(OH)–C–C–N with tert-alkyl or cyclic N) is 1. The van der Waals surface area contributed by atoms with Crippen LogP contribution < -0.4 is 25.4 Å². The second-order valence-corrected chi connectivity index (χ2v) is 7.23. The Morgan fingerprint density at radius 2 is 2.15 bits per heavy atom. The van der Waals surface area contributed by atoms with Gasteiger partial charge in [-0.2, -0.15) is 0 Å². The van der Waals surface area contributed by atoms with Gasteiger partial charge in [-0.25, -0.2) is 0 Å². The summed E-state index contributed by atoms with van der Waals surface area (Å²) in [6.45, 7) is 7.05. The van der Waals surface area contributed by atoms with Crippen molar-refractivity contribution in [3.63, 3.8) is 0 Å². The lowest BCUT2D eigenvalue weighted by Gasteiger charge is -2.28. The number of nitrogens with one attached hydrogen (secondary N) is 3. The Morgan fingerprint density at radius 1 is 1.35 bits per heavy atom. The number of aliphatic hydroxyl groups excluding tert-OH is 1. The number of ether oxygens (including phenoxy) is 2. The molecule has 0 bridgehead atoms. The number of aliphatic hydroxyl groups is 1. The second kappa shape index (κ2) is 8.60. The molecule has 0 unspecified atom stereocenters. The molecule has 2 heterocycles. The van der Waals surface area contributed by atoms with Gasteiger partial charge >= 0.3 is 0 Å². The van der Waals surface area contributed by atoms with E-state index in [9.17, 15) is 9.90 Å². The smallest absolute Gasteiger partial charge is 0.255 e. The maximum atomic E-state index is 12.8. The molecule has 1 saturated heterocycles. The molecule has 7 nitrogen and oxygen atoms in total. The van der Waals surface area contributed by atoms with Gasteiger partial charge in [0.15, 0.2) is 11.5 Å². The van der Waals surface area contributed by atoms with Crippen LogP contribution >= 0.6 is 0 Å². The lowest BCUT2D eigenvalue weighted by atomic mass is 9.95. The van der Waals surface area contributed by atoms with E-state index in [0.717, 1.165) is 25.1 Å². The lowest BCUT2D eigenvalue weighted by molar-refractivity contribution is 0.0752. The van der Waals surface area contributed by atoms with Crippen LogP contribution in [0.15, 0.2) is 12.1 Å². The van der Waals surface area contributed by atoms with Crippen LogP contribution in [-0.4, -0.2) is 56.0 Å². The molecule has 7 heteroatoms. The summed E-state index contributed by atoms with van der Waals surface area (Å²) in [6, 6.07) is 3.93. The fourth-order valence-electron chi connectivity index (χ4n) is 3.31. The summed E-state index contributed by atoms with van der Waals surface area (Å²) in [5.74, 6) is 0.957. The highest BCUT2D eigenvalue weighted by Crippen LogP contribution is 2.37. The van der Waals surface area contributed by atoms with Crippen molar-refractivity contribution in [2.24, 2.45) is 5.92 Å². The first kappa shape index (κ1) is 18.8. The van der Waals surface area contributed by atoms with Crippen molar-refractivity contribution in [3.05, 3.63) is 17.7 Å². The van der Waals surface area contributed by atoms with Crippen LogP contribution in [0.2, 0.25) is 0 Å². The summed E-state index contributed by atoms with van der Waals surface area (Å²) in [5, 5.41) is 19.5. The Balaban J connectivity index is 1.78. The summed E-state index contributed by atoms with van der Waals surface area (Å²) in [5.41, 5.74) is 1.30. The van der Waals surface area contributed by atoms with Crippen molar-refractivity contribution in [1.82, 2.24) is 10.6 Å². The quantitative estimate of drug-likeness (QED) is 0.632. The highest BCUT2D eigenvalue weighted by atomic mass is 16.5. The number of carbonyl (C=O) groups excluding carboxylic acids is 1. The van der Waals surface area contributed by atoms with Gasteiger partial charge in [0.2, 0.25) is 0 Å². The van der Waals surface area contributed by atoms with Crippen LogP contribution in [-0.2, 0) is 0 Å². The van der Waals surface area contributed by atoms with E-state index in [1.165, 1.54) is 0 Å². The molecule has 1 amide bonds. The van der Waals surface area contributed by atoms with Gasteiger partial charge in [0.25, 0.3) is 5.91 Å². The van der Waals surface area contributed by atoms with Gasteiger partial charge in [0.1, 0.15) is 0 Å². The summed E-state index contributed by atoms with van der Waals surface area (Å²) in [6.07, 6.45) is 1.19. The third kappa shape index (κ3) is 4.59. The van der Waals surface area contributed by atoms with E-state index in [1.807, 2.05) is 26.0 Å². The summed E-state index contributed by atoms with van der Waals surface area (Å²) >= 11 is 0. The summed E-state index contributed by atoms with van der Waals surface area (Å²) in [7, 11) is 0. The Labute approximate surface area is 154 Å². The molecule has 0 saturated carbocycles. The van der Waals surface area contributed by atoms with Crippen LogP contribution in [0.1, 0.15) is 37.0 Å². The Bertz CT molecular complexity index is 635. The highest BCUT2D eigenvalue weighted by molar-refractivity contribution is 5.99. The molecule has 4 N–H and O–H groups in total. The minimum atomic E-state index is -0.435. The molecule has 2 aliphatic rings. The van der Waals surface area contributed by atoms with Crippen molar-refractivity contribution in [2.45, 2.75) is 38.8 Å². The number of amides is 1. The molecular weight excluding hydrogens is 334 g/mol. The predicted octanol–water partition coefficient (Wildman–Crippen LogP) is 1.37. The molecule has 0 radical (unpaired) electrons. The molecule has 3 rings (SSSR count). The minimum absolute atomic E-state index is 0.0629. The van der Waals surface area contributed by atoms with Crippen molar-refractivity contribution in [3.8, 4) is 11.5 Å². The standard InChI is InChI=1S/C19H29N3O4/c1-12(2)22-14-8-15(18-17(9-14)25-6-3-7-26-18)19(24)21-10-13-4-5-20-11-16(13)23/h8-9,12-13,16,20,22-23H,3-7,10-11H2,1-2H3,(H,21,24)/t13-,16+/m0/s1. The van der Waals surface area contributed by atoms with E-state index in [2.05, 4.69) is 16.0 Å². The maximum absolute atomic E-state index is 12.8. The zero-order valence-electron chi connectivity index (χ0n) is 15.5. The van der Waals surface area contributed by atoms with Crippen LogP contribution in [0.3, 0.4) is 0 Å². The van der Waals surface area contributed by atoms with Gasteiger partial charge < -0.3 is 30.5 Å². The topological polar surface area (TPSA) is 91.9 Å². The van der Waals surface area contributed by atoms with E-state index in [1.54, 1.807) is 0 Å². The van der Waals surface area contributed by atoms with Crippen molar-refractivity contribution < 1.29 is 19.4 Å². The van der Waals surface area contributed by atoms with Crippen molar-refractivity contribution in [1.29, 1.82) is 0 Å². The highest BCUT2D eigenvalue weighted by Gasteiger charge is 2.25. The van der Waals surface area contributed by atoms with Crippen LogP contribution in [0.5, 0.6) is 11.5 Å². The minimum Gasteiger partial charge on any atom is -0.489 e. The number of rotatable bonds is 5. The SMILES string of the molecule is CC(C)Nc1cc2c(c(C(=O)NC[C@@H]3CCNC[C@H]3O)c1)OCCCO2. The van der Waals surface area contributed by atoms with Crippen LogP contribution in [0.25, 0.3) is 0 Å². The maximum Gasteiger partial charge on any atom is 0.255 e. The largest absolute Gasteiger partial charge is 0.489 e. The Kier molecular flexibility index (Phi) is 6.21. The van der Waals surface area contributed by atoms with Crippen molar-refractivity contribution >= 4 is 11.6 Å². The van der Waals surface area contributed by atoms with E-state index in [4.69, 9.17) is 9.47 Å². The third-order valence-corrected chi connectivity index (χ3v) is 4.66. The van der Waals surface area contributed by atoms with Gasteiger partial charge in [0, 0.05) is 43.2 Å². The number of benzene rings is 1. The predicted molar refractivity (Wildman–Crippen MR) is 100 cm³/mol. The molecule has 1 aromatic rings. The molecule has 1 aromatic carbocycles. The van der Waals surface area contributed by atoms with Crippen LogP contribution in [0, 0.1) is 5.92 Å². The van der Waals surface area contributed by atoms with Gasteiger partial charge in [-0.05, 0) is 32.9 Å². The molecule has 1 fully saturated rings. The van der Waals surface area contributed by atoms with Crippen LogP contribution in [0.4, 0.5) is 5.69 Å². The molecule has 26 heavy (non-hydrogen) atoms. The Morgan fingerprint density at radius 3 is 2.92 bits per heavy atom. The number of piperidine rings is 1. The van der Waals surface area contributed by atoms with Gasteiger partial charge in [-0.3, -0.25) is 4.79 Å². The molecule has 2 aliphatic heterocycles. The molecule has 2 atom stereocenters. The fourth-order valence-corrected chi connectivity index (χ4v) is 3.31. The number of anilines is 1. The van der Waals surface area contributed by atoms with Gasteiger partial charge in [0.05, 0.1) is 24.9 Å². The Hall–Kier alpha value is -1.99. The monoisotopic (exact) mass is 363 g/mol. The average molecular weight is 363 g/mol. The lowest BCUT2D eigenvalue weighted by Crippen LogP contribution is -2.45. The van der Waals surface area contributed by atoms with E-state index >= 15 is 0 Å². The zero-order valence-corrected chi connectivity index (χ0v) is 15.5. The summed E-state index contributed by atoms with van der Waals surface area (Å²) in [4.78, 5) is 12.8. The number of carbonyl (C=O) groups is 1. The normalized spacial score (nSPS) is 22.6. The summed E-state index contributed by atoms with van der Waals surface area (Å²) < 4.78 is 11.6. The number of hydrogen-bond donors (Lipinski definition) is 4.